The van der Waals surface area contributed by atoms with Gasteiger partial charge in [-0.25, -0.2) is 4.79 Å². The van der Waals surface area contributed by atoms with Gasteiger partial charge >= 0.3 is 5.97 Å². The number of hydrogen-bond acceptors (Lipinski definition) is 4. The molecule has 0 bridgehead atoms. The molecule has 0 aliphatic carbocycles. The fourth-order valence-corrected chi connectivity index (χ4v) is 1.66. The van der Waals surface area contributed by atoms with Crippen LogP contribution in [0.5, 0.6) is 0 Å². The topological polar surface area (TPSA) is 46.6 Å². The average molecular weight is 211 g/mol. The molecule has 0 aromatic rings. The highest BCUT2D eigenvalue weighted by Crippen LogP contribution is 2.15. The molecule has 1 saturated heterocycles. The maximum absolute atomic E-state index is 11.4. The molecule has 1 unspecified atom stereocenters. The lowest BCUT2D eigenvalue weighted by Crippen LogP contribution is -2.37. The Balaban J connectivity index is 2.48. The van der Waals surface area contributed by atoms with Crippen molar-refractivity contribution in [1.29, 1.82) is 0 Å². The molecule has 4 heteroatoms. The Morgan fingerprint density at radius 3 is 3.00 bits per heavy atom. The van der Waals surface area contributed by atoms with Gasteiger partial charge in [-0.3, -0.25) is 4.79 Å². The molecule has 4 nitrogen and oxygen atoms in total. The molecular weight excluding hydrogens is 194 g/mol. The van der Waals surface area contributed by atoms with Crippen LogP contribution >= 0.6 is 0 Å². The van der Waals surface area contributed by atoms with Crippen molar-refractivity contribution in [2.75, 3.05) is 20.2 Å². The summed E-state index contributed by atoms with van der Waals surface area (Å²) < 4.78 is 4.50. The van der Waals surface area contributed by atoms with Crippen molar-refractivity contribution in [2.45, 2.75) is 19.8 Å². The quantitative estimate of drug-likeness (QED) is 0.515. The number of carbonyl (C=O) groups is 2. The summed E-state index contributed by atoms with van der Waals surface area (Å²) >= 11 is 0. The minimum absolute atomic E-state index is 0.112. The van der Waals surface area contributed by atoms with Crippen molar-refractivity contribution in [3.05, 3.63) is 12.3 Å². The van der Waals surface area contributed by atoms with Crippen molar-refractivity contribution in [2.24, 2.45) is 5.92 Å². The molecule has 0 aromatic heterocycles. The zero-order valence-electron chi connectivity index (χ0n) is 9.23. The Morgan fingerprint density at radius 1 is 1.67 bits per heavy atom. The number of ether oxygens (including phenoxy) is 1. The summed E-state index contributed by atoms with van der Waals surface area (Å²) in [6.45, 7) is 3.42. The zero-order valence-corrected chi connectivity index (χ0v) is 9.23. The molecule has 1 heterocycles. The van der Waals surface area contributed by atoms with Crippen LogP contribution in [0.2, 0.25) is 0 Å². The zero-order chi connectivity index (χ0) is 11.3. The summed E-state index contributed by atoms with van der Waals surface area (Å²) in [5, 5.41) is 0. The van der Waals surface area contributed by atoms with E-state index in [1.165, 1.54) is 13.2 Å². The molecule has 0 amide bonds. The molecule has 15 heavy (non-hydrogen) atoms. The number of carbonyl (C=O) groups excluding carboxylic acids is 2. The fraction of sp³-hybridized carbons (Fsp3) is 0.636. The Kier molecular flexibility index (Phi) is 4.34. The lowest BCUT2D eigenvalue weighted by molar-refractivity contribution is -0.134. The van der Waals surface area contributed by atoms with E-state index in [0.29, 0.717) is 25.3 Å². The monoisotopic (exact) mass is 211 g/mol. The van der Waals surface area contributed by atoms with E-state index < -0.39 is 0 Å². The van der Waals surface area contributed by atoms with Gasteiger partial charge in [-0.2, -0.15) is 0 Å². The summed E-state index contributed by atoms with van der Waals surface area (Å²) in [5.74, 6) is 0.0845. The van der Waals surface area contributed by atoms with E-state index in [9.17, 15) is 9.59 Å². The predicted octanol–water partition coefficient (Wildman–Crippen LogP) is 0.974. The number of rotatable bonds is 3. The van der Waals surface area contributed by atoms with Gasteiger partial charge < -0.3 is 9.64 Å². The van der Waals surface area contributed by atoms with Gasteiger partial charge in [0.2, 0.25) is 0 Å². The van der Waals surface area contributed by atoms with Crippen LogP contribution in [0.15, 0.2) is 12.3 Å². The molecule has 1 rings (SSSR count). The third kappa shape index (κ3) is 3.38. The first-order chi connectivity index (χ1) is 7.17. The molecule has 0 spiro atoms. The Labute approximate surface area is 89.9 Å². The first kappa shape index (κ1) is 11.8. The molecule has 1 fully saturated rings. The highest BCUT2D eigenvalue weighted by Gasteiger charge is 2.23. The maximum Gasteiger partial charge on any atom is 0.331 e. The molecule has 0 N–H and O–H groups in total. The molecule has 1 atom stereocenters. The summed E-state index contributed by atoms with van der Waals surface area (Å²) in [6, 6.07) is 0. The Hall–Kier alpha value is -1.32. The van der Waals surface area contributed by atoms with E-state index >= 15 is 0 Å². The number of esters is 1. The third-order valence-electron chi connectivity index (χ3n) is 2.67. The van der Waals surface area contributed by atoms with Crippen molar-refractivity contribution in [3.63, 3.8) is 0 Å². The second-order valence-electron chi connectivity index (χ2n) is 3.66. The van der Waals surface area contributed by atoms with Crippen LogP contribution in [0, 0.1) is 5.92 Å². The number of ketones is 1. The predicted molar refractivity (Wildman–Crippen MR) is 56.1 cm³/mol. The van der Waals surface area contributed by atoms with Gasteiger partial charge in [-0.05, 0) is 6.42 Å². The Morgan fingerprint density at radius 2 is 2.40 bits per heavy atom. The van der Waals surface area contributed by atoms with Gasteiger partial charge in [0.15, 0.2) is 0 Å². The highest BCUT2D eigenvalue weighted by molar-refractivity contribution is 5.83. The first-order valence-corrected chi connectivity index (χ1v) is 5.20. The van der Waals surface area contributed by atoms with E-state index in [1.54, 1.807) is 6.20 Å². The molecule has 0 saturated carbocycles. The summed E-state index contributed by atoms with van der Waals surface area (Å²) in [5.41, 5.74) is 0. The second kappa shape index (κ2) is 5.53. The maximum atomic E-state index is 11.4. The number of likely N-dealkylation sites (tertiary alicyclic amines) is 1. The molecule has 0 aromatic carbocycles. The van der Waals surface area contributed by atoms with Gasteiger partial charge in [0.1, 0.15) is 5.78 Å². The highest BCUT2D eigenvalue weighted by atomic mass is 16.5. The number of piperidine rings is 1. The van der Waals surface area contributed by atoms with Gasteiger partial charge in [0, 0.05) is 37.7 Å². The number of hydrogen-bond donors (Lipinski definition) is 0. The standard InChI is InChI=1S/C11H17NO3/c1-3-9-8-12(6-4-10(9)13)7-5-11(14)15-2/h5,7,9H,3-4,6,8H2,1-2H3/b7-5+. The van der Waals surface area contributed by atoms with E-state index in [4.69, 9.17) is 0 Å². The minimum Gasteiger partial charge on any atom is -0.466 e. The van der Waals surface area contributed by atoms with Crippen LogP contribution in [0.1, 0.15) is 19.8 Å². The number of Topliss-reactive ketones (excluding diaryl/α,β-unsaturated/α-hetero) is 1. The largest absolute Gasteiger partial charge is 0.466 e. The smallest absolute Gasteiger partial charge is 0.331 e. The molecule has 1 aliphatic rings. The van der Waals surface area contributed by atoms with Gasteiger partial charge in [0.05, 0.1) is 7.11 Å². The van der Waals surface area contributed by atoms with Crippen molar-refractivity contribution in [1.82, 2.24) is 4.90 Å². The van der Waals surface area contributed by atoms with Crippen molar-refractivity contribution in [3.8, 4) is 0 Å². The molecule has 84 valence electrons. The lowest BCUT2D eigenvalue weighted by Gasteiger charge is -2.30. The third-order valence-corrected chi connectivity index (χ3v) is 2.67. The van der Waals surface area contributed by atoms with E-state index in [0.717, 1.165) is 6.42 Å². The molecule has 1 aliphatic heterocycles. The Bertz CT molecular complexity index is 273. The van der Waals surface area contributed by atoms with Crippen LogP contribution < -0.4 is 0 Å². The fourth-order valence-electron chi connectivity index (χ4n) is 1.66. The summed E-state index contributed by atoms with van der Waals surface area (Å²) in [4.78, 5) is 24.3. The molecule has 0 radical (unpaired) electrons. The lowest BCUT2D eigenvalue weighted by atomic mass is 9.94. The number of methoxy groups -OCH3 is 1. The summed E-state index contributed by atoms with van der Waals surface area (Å²) in [6.07, 6.45) is 4.54. The van der Waals surface area contributed by atoms with E-state index in [2.05, 4.69) is 4.74 Å². The number of nitrogens with zero attached hydrogens (tertiary/aromatic N) is 1. The normalized spacial score (nSPS) is 22.1. The van der Waals surface area contributed by atoms with Gasteiger partial charge in [-0.15, -0.1) is 0 Å². The van der Waals surface area contributed by atoms with Crippen LogP contribution in [0.4, 0.5) is 0 Å². The molecular formula is C11H17NO3. The van der Waals surface area contributed by atoms with Crippen LogP contribution in [0.25, 0.3) is 0 Å². The van der Waals surface area contributed by atoms with Crippen LogP contribution in [-0.2, 0) is 14.3 Å². The van der Waals surface area contributed by atoms with Gasteiger partial charge in [0.25, 0.3) is 0 Å². The van der Waals surface area contributed by atoms with Crippen molar-refractivity contribution < 1.29 is 14.3 Å². The van der Waals surface area contributed by atoms with Gasteiger partial charge in [-0.1, -0.05) is 6.92 Å². The van der Waals surface area contributed by atoms with Crippen LogP contribution in [-0.4, -0.2) is 36.9 Å². The average Bonchev–Trinajstić information content (AvgIpc) is 2.27. The van der Waals surface area contributed by atoms with E-state index in [1.807, 2.05) is 11.8 Å². The van der Waals surface area contributed by atoms with Crippen molar-refractivity contribution >= 4 is 11.8 Å². The first-order valence-electron chi connectivity index (χ1n) is 5.20. The SMILES string of the molecule is CCC1CN(/C=C/C(=O)OC)CCC1=O. The summed E-state index contributed by atoms with van der Waals surface area (Å²) in [7, 11) is 1.35. The van der Waals surface area contributed by atoms with E-state index in [-0.39, 0.29) is 11.9 Å². The minimum atomic E-state index is -0.361. The second-order valence-corrected chi connectivity index (χ2v) is 3.66. The van der Waals surface area contributed by atoms with Crippen LogP contribution in [0.3, 0.4) is 0 Å².